The van der Waals surface area contributed by atoms with E-state index in [4.69, 9.17) is 9.90 Å². The molecule has 0 atom stereocenters. The monoisotopic (exact) mass is 554 g/mol. The highest BCUT2D eigenvalue weighted by atomic mass is 16.3. The fraction of sp³-hybridized carbons (Fsp3) is 0. The molecule has 9 aromatic rings. The van der Waals surface area contributed by atoms with Gasteiger partial charge in [-0.25, -0.2) is 0 Å². The smallest absolute Gasteiger partial charge is 0.143 e. The minimum atomic E-state index is -0.441. The van der Waals surface area contributed by atoms with Crippen LogP contribution >= 0.6 is 0 Å². The summed E-state index contributed by atoms with van der Waals surface area (Å²) in [5.74, 6) is 0. The molecule has 43 heavy (non-hydrogen) atoms. The molecule has 0 saturated carbocycles. The Hall–Kier alpha value is -5.66. The minimum absolute atomic E-state index is 0.154. The van der Waals surface area contributed by atoms with Crippen molar-refractivity contribution in [3.63, 3.8) is 0 Å². The predicted octanol–water partition coefficient (Wildman–Crippen LogP) is 12.0. The quantitative estimate of drug-likeness (QED) is 0.198. The molecule has 0 fully saturated rings. The first-order valence-electron chi connectivity index (χ1n) is 18.1. The summed E-state index contributed by atoms with van der Waals surface area (Å²) in [6.07, 6.45) is 0. The normalized spacial score (nSPS) is 14.3. The molecule has 1 heterocycles. The molecule has 8 aromatic carbocycles. The molecule has 1 heteroatoms. The van der Waals surface area contributed by atoms with Crippen LogP contribution in [-0.4, -0.2) is 0 Å². The van der Waals surface area contributed by atoms with Gasteiger partial charge < -0.3 is 4.42 Å². The Labute approximate surface area is 260 Å². The van der Waals surface area contributed by atoms with E-state index in [0.717, 1.165) is 32.7 Å². The third-order valence-electron chi connectivity index (χ3n) is 8.28. The van der Waals surface area contributed by atoms with Crippen LogP contribution < -0.4 is 0 Å². The van der Waals surface area contributed by atoms with E-state index in [2.05, 4.69) is 6.07 Å². The van der Waals surface area contributed by atoms with Gasteiger partial charge in [-0.1, -0.05) is 139 Å². The fourth-order valence-corrected chi connectivity index (χ4v) is 6.34. The average molecular weight is 555 g/mol. The van der Waals surface area contributed by atoms with Crippen LogP contribution in [0.15, 0.2) is 162 Å². The van der Waals surface area contributed by atoms with Gasteiger partial charge in [-0.2, -0.15) is 0 Å². The summed E-state index contributed by atoms with van der Waals surface area (Å²) in [7, 11) is 0. The van der Waals surface area contributed by atoms with E-state index >= 15 is 0 Å². The van der Waals surface area contributed by atoms with Gasteiger partial charge in [-0.3, -0.25) is 0 Å². The molecule has 0 spiro atoms. The summed E-state index contributed by atoms with van der Waals surface area (Å²) >= 11 is 0. The van der Waals surface area contributed by atoms with Crippen LogP contribution in [0, 0.1) is 0 Å². The fourth-order valence-electron chi connectivity index (χ4n) is 6.34. The minimum Gasteiger partial charge on any atom is -0.455 e. The molecule has 1 aromatic heterocycles. The van der Waals surface area contributed by atoms with Gasteiger partial charge in [0.25, 0.3) is 0 Å². The molecule has 0 amide bonds. The zero-order valence-electron chi connectivity index (χ0n) is 30.8. The van der Waals surface area contributed by atoms with Crippen molar-refractivity contribution in [2.45, 2.75) is 0 Å². The maximum atomic E-state index is 9.31. The van der Waals surface area contributed by atoms with Gasteiger partial charge in [0.05, 0.1) is 11.0 Å². The highest BCUT2D eigenvalue weighted by molar-refractivity contribution is 6.24. The van der Waals surface area contributed by atoms with E-state index in [1.807, 2.05) is 97.1 Å². The molecular formula is C42H26O. The second-order valence-corrected chi connectivity index (χ2v) is 10.7. The van der Waals surface area contributed by atoms with Crippen LogP contribution in [0.4, 0.5) is 0 Å². The van der Waals surface area contributed by atoms with Crippen molar-refractivity contribution in [1.82, 2.24) is 0 Å². The zero-order valence-corrected chi connectivity index (χ0v) is 22.8. The SMILES string of the molecule is [2H]c1c([2H])c([2H])c2c(-c3cccc4c3oc3ccccc34)c3c([2H])c([2H])c([2H])c([2H])c3c(-c3ccc4cc(-c5ccccc5)ccc4c3)c2c1[2H]. The summed E-state index contributed by atoms with van der Waals surface area (Å²) in [6.45, 7) is 0. The van der Waals surface area contributed by atoms with E-state index in [0.29, 0.717) is 27.9 Å². The van der Waals surface area contributed by atoms with E-state index in [1.54, 1.807) is 6.07 Å². The number of furan rings is 1. The topological polar surface area (TPSA) is 13.1 Å². The lowest BCUT2D eigenvalue weighted by Gasteiger charge is -2.18. The Balaban J connectivity index is 1.48. The molecule has 200 valence electrons. The molecular weight excluding hydrogens is 520 g/mol. The third-order valence-corrected chi connectivity index (χ3v) is 8.28. The Bertz CT molecular complexity index is 2870. The number of benzene rings is 8. The van der Waals surface area contributed by atoms with Crippen LogP contribution in [-0.2, 0) is 0 Å². The maximum Gasteiger partial charge on any atom is 0.143 e. The Kier molecular flexibility index (Phi) is 3.80. The van der Waals surface area contributed by atoms with E-state index < -0.39 is 24.2 Å². The van der Waals surface area contributed by atoms with Crippen LogP contribution in [0.5, 0.6) is 0 Å². The van der Waals surface area contributed by atoms with Crippen molar-refractivity contribution in [1.29, 1.82) is 0 Å². The average Bonchev–Trinajstić information content (AvgIpc) is 3.55. The van der Waals surface area contributed by atoms with Gasteiger partial charge >= 0.3 is 0 Å². The molecule has 0 saturated heterocycles. The molecule has 0 aliphatic carbocycles. The molecule has 1 nitrogen and oxygen atoms in total. The Morgan fingerprint density at radius 2 is 1.00 bits per heavy atom. The first-order valence-corrected chi connectivity index (χ1v) is 14.1. The van der Waals surface area contributed by atoms with Gasteiger partial charge in [0, 0.05) is 21.9 Å². The van der Waals surface area contributed by atoms with Crippen LogP contribution in [0.3, 0.4) is 0 Å². The van der Waals surface area contributed by atoms with E-state index in [1.165, 1.54) is 0 Å². The van der Waals surface area contributed by atoms with E-state index in [-0.39, 0.29) is 51.3 Å². The first kappa shape index (κ1) is 17.3. The highest BCUT2D eigenvalue weighted by Crippen LogP contribution is 2.46. The van der Waals surface area contributed by atoms with Crippen molar-refractivity contribution < 1.29 is 15.4 Å². The Morgan fingerprint density at radius 1 is 0.419 bits per heavy atom. The summed E-state index contributed by atoms with van der Waals surface area (Å²) in [6, 6.07) is 31.9. The number of rotatable bonds is 3. The van der Waals surface area contributed by atoms with Gasteiger partial charge in [-0.15, -0.1) is 0 Å². The zero-order chi connectivity index (χ0) is 35.3. The van der Waals surface area contributed by atoms with Gasteiger partial charge in [-0.05, 0) is 72.8 Å². The largest absolute Gasteiger partial charge is 0.455 e. The third kappa shape index (κ3) is 3.72. The molecule has 0 aliphatic heterocycles. The maximum absolute atomic E-state index is 9.31. The Morgan fingerprint density at radius 3 is 1.72 bits per heavy atom. The lowest BCUT2D eigenvalue weighted by molar-refractivity contribution is 0.670. The lowest BCUT2D eigenvalue weighted by atomic mass is 9.85. The number of fused-ring (bicyclic) bond motifs is 6. The molecule has 0 unspecified atom stereocenters. The lowest BCUT2D eigenvalue weighted by Crippen LogP contribution is -1.91. The van der Waals surface area contributed by atoms with Gasteiger partial charge in [0.15, 0.2) is 0 Å². The summed E-state index contributed by atoms with van der Waals surface area (Å²) < 4.78 is 78.7. The molecule has 0 bridgehead atoms. The summed E-state index contributed by atoms with van der Waals surface area (Å²) in [5.41, 5.74) is 4.80. The van der Waals surface area contributed by atoms with Gasteiger partial charge in [0.2, 0.25) is 0 Å². The summed E-state index contributed by atoms with van der Waals surface area (Å²) in [5, 5.41) is 4.09. The van der Waals surface area contributed by atoms with Crippen molar-refractivity contribution in [2.75, 3.05) is 0 Å². The molecule has 0 N–H and O–H groups in total. The molecule has 0 radical (unpaired) electrons. The van der Waals surface area contributed by atoms with Gasteiger partial charge in [0.1, 0.15) is 11.2 Å². The van der Waals surface area contributed by atoms with Crippen LogP contribution in [0.25, 0.3) is 87.6 Å². The van der Waals surface area contributed by atoms with Crippen molar-refractivity contribution in [3.05, 3.63) is 158 Å². The first-order chi connectivity index (χ1) is 24.7. The number of para-hydroxylation sites is 2. The summed E-state index contributed by atoms with van der Waals surface area (Å²) in [4.78, 5) is 0. The number of hydrogen-bond donors (Lipinski definition) is 0. The standard InChI is InChI=1S/C42H26O/c1-2-11-27(12-3-1)28-21-22-30-26-31(24-23-29(30)25-28)40-33-14-4-6-16-35(33)41(36-17-7-5-15-34(36)40)38-19-10-18-37-32-13-8-9-20-39(32)43-42(37)38/h1-26H/i4D,5D,6D,7D,14D,15D,16D,17D. The van der Waals surface area contributed by atoms with E-state index in [9.17, 15) is 5.48 Å². The van der Waals surface area contributed by atoms with Crippen molar-refractivity contribution in [2.24, 2.45) is 0 Å². The molecule has 0 aliphatic rings. The van der Waals surface area contributed by atoms with Crippen molar-refractivity contribution >= 4 is 54.3 Å². The second-order valence-electron chi connectivity index (χ2n) is 10.7. The van der Waals surface area contributed by atoms with Crippen molar-refractivity contribution in [3.8, 4) is 33.4 Å². The van der Waals surface area contributed by atoms with Crippen LogP contribution in [0.2, 0.25) is 0 Å². The predicted molar refractivity (Wildman–Crippen MR) is 183 cm³/mol. The number of hydrogen-bond acceptors (Lipinski definition) is 1. The second kappa shape index (κ2) is 9.44. The van der Waals surface area contributed by atoms with Crippen LogP contribution in [0.1, 0.15) is 11.0 Å². The molecule has 9 rings (SSSR count). The highest BCUT2D eigenvalue weighted by Gasteiger charge is 2.20.